The molecule has 0 aliphatic carbocycles. The molecule has 0 radical (unpaired) electrons. The standard InChI is InChI=1S/F2I.HI/c1-3-2;/h;1H/q+1;/p-1. The SMILES string of the molecule is F[I+]F.[I-]. The fourth-order valence-corrected chi connectivity index (χ4v) is 0. The fourth-order valence-electron chi connectivity index (χ4n) is 0. The van der Waals surface area contributed by atoms with Gasteiger partial charge in [-0.3, -0.25) is 0 Å². The molecule has 0 aromatic heterocycles. The maximum atomic E-state index is 9.74. The molecular formula is F2I2. The summed E-state index contributed by atoms with van der Waals surface area (Å²) in [7, 11) is 0. The van der Waals surface area contributed by atoms with Crippen LogP contribution in [0.2, 0.25) is 0 Å². The van der Waals surface area contributed by atoms with Gasteiger partial charge in [0.05, 0.1) is 5.72 Å². The molecule has 0 spiro atoms. The molecule has 0 nitrogen and oxygen atoms in total. The van der Waals surface area contributed by atoms with Crippen LogP contribution in [0.4, 0.5) is 5.72 Å². The first-order chi connectivity index (χ1) is 1.41. The molecule has 0 aromatic carbocycles. The van der Waals surface area contributed by atoms with E-state index in [2.05, 4.69) is 0 Å². The Labute approximate surface area is 51.8 Å². The highest BCUT2D eigenvalue weighted by Crippen LogP contribution is 0.931. The second kappa shape index (κ2) is 8.85. The van der Waals surface area contributed by atoms with Crippen LogP contribution in [-0.4, -0.2) is 0 Å². The summed E-state index contributed by atoms with van der Waals surface area (Å²) in [6.07, 6.45) is 0. The lowest BCUT2D eigenvalue weighted by Gasteiger charge is -1.01. The van der Waals surface area contributed by atoms with Crippen LogP contribution in [-0.2, 0) is 0 Å². The monoisotopic (exact) mass is 292 g/mol. The summed E-state index contributed by atoms with van der Waals surface area (Å²) >= 11 is -2.41. The van der Waals surface area contributed by atoms with E-state index in [0.717, 1.165) is 0 Å². The van der Waals surface area contributed by atoms with Gasteiger partial charge in [-0.1, -0.05) is 0 Å². The molecule has 0 heterocycles. The summed E-state index contributed by atoms with van der Waals surface area (Å²) in [6.45, 7) is 0. The second-order valence-electron chi connectivity index (χ2n) is 0.0540. The molecule has 0 aliphatic rings. The van der Waals surface area contributed by atoms with Crippen LogP contribution in [0.15, 0.2) is 0 Å². The molecule has 0 saturated heterocycles. The third-order valence-corrected chi connectivity index (χ3v) is 0. The van der Waals surface area contributed by atoms with Gasteiger partial charge in [0.1, 0.15) is 0 Å². The van der Waals surface area contributed by atoms with Crippen molar-refractivity contribution >= 4 is 0 Å². The highest BCUT2D eigenvalue weighted by Gasteiger charge is 1.91. The van der Waals surface area contributed by atoms with Crippen LogP contribution in [0.1, 0.15) is 0 Å². The van der Waals surface area contributed by atoms with Crippen molar-refractivity contribution in [2.24, 2.45) is 0 Å². The molecule has 28 valence electrons. The van der Waals surface area contributed by atoms with Gasteiger partial charge in [0.25, 0.3) is 0 Å². The number of hydrogen-bond donors (Lipinski definition) is 0. The minimum Gasteiger partial charge on any atom is -1.00 e. The Morgan fingerprint density at radius 2 is 1.25 bits per heavy atom. The lowest BCUT2D eigenvalue weighted by atomic mass is 19.0. The minimum absolute atomic E-state index is 0. The molecule has 0 bridgehead atoms. The fraction of sp³-hybridized carbons (Fsp3) is 0. The Kier molecular flexibility index (Phi) is 19.9. The summed E-state index contributed by atoms with van der Waals surface area (Å²) in [5.41, 5.74) is 0. The first-order valence-electron chi connectivity index (χ1n) is 0.286. The molecule has 0 unspecified atom stereocenters. The van der Waals surface area contributed by atoms with Crippen molar-refractivity contribution in [2.45, 2.75) is 0 Å². The number of hydrogen-bond acceptors (Lipinski definition) is 0. The highest BCUT2D eigenvalue weighted by molar-refractivity contribution is 2.07. The van der Waals surface area contributed by atoms with Crippen LogP contribution < -0.4 is 46.3 Å². The van der Waals surface area contributed by atoms with Crippen LogP contribution in [0, 0.1) is 0 Å². The van der Waals surface area contributed by atoms with Crippen molar-refractivity contribution in [2.75, 3.05) is 0 Å². The average Bonchev–Trinajstić information content (AvgIpc) is 0.918. The lowest BCUT2D eigenvalue weighted by molar-refractivity contribution is -0.965. The Hall–Kier alpha value is 1.32. The number of rotatable bonds is 0. The maximum absolute atomic E-state index is 9.74. The lowest BCUT2D eigenvalue weighted by Crippen LogP contribution is -3.51. The molecule has 0 atom stereocenters. The summed E-state index contributed by atoms with van der Waals surface area (Å²) in [6, 6.07) is 0. The Balaban J connectivity index is 0. The Morgan fingerprint density at radius 3 is 1.25 bits per heavy atom. The first kappa shape index (κ1) is 9.01. The maximum Gasteiger partial charge on any atom is 0.814 e. The van der Waals surface area contributed by atoms with Gasteiger partial charge in [0.15, 0.2) is 0 Å². The molecule has 4 heteroatoms. The van der Waals surface area contributed by atoms with E-state index < -0.39 is 22.4 Å². The zero-order chi connectivity index (χ0) is 2.71. The smallest absolute Gasteiger partial charge is 0.814 e. The van der Waals surface area contributed by atoms with E-state index in [-0.39, 0.29) is 24.0 Å². The zero-order valence-corrected chi connectivity index (χ0v) is 5.83. The van der Waals surface area contributed by atoms with Crippen LogP contribution in [0.5, 0.6) is 0 Å². The van der Waals surface area contributed by atoms with E-state index in [1.165, 1.54) is 0 Å². The molecule has 0 amide bonds. The molecule has 0 saturated carbocycles. The van der Waals surface area contributed by atoms with Gasteiger partial charge >= 0.3 is 22.4 Å². The molecular weight excluding hydrogens is 292 g/mol. The van der Waals surface area contributed by atoms with Crippen molar-refractivity contribution in [3.8, 4) is 0 Å². The summed E-state index contributed by atoms with van der Waals surface area (Å²) in [5.74, 6) is 0. The zero-order valence-electron chi connectivity index (χ0n) is 1.51. The van der Waals surface area contributed by atoms with Gasteiger partial charge in [-0.25, -0.2) is 0 Å². The van der Waals surface area contributed by atoms with Crippen molar-refractivity contribution in [3.63, 3.8) is 0 Å². The summed E-state index contributed by atoms with van der Waals surface area (Å²) < 4.78 is 19.5. The largest absolute Gasteiger partial charge is 1.00 e. The van der Waals surface area contributed by atoms with E-state index in [1.54, 1.807) is 0 Å². The van der Waals surface area contributed by atoms with Crippen molar-refractivity contribution in [3.05, 3.63) is 0 Å². The van der Waals surface area contributed by atoms with Gasteiger partial charge in [0, 0.05) is 0 Å². The van der Waals surface area contributed by atoms with E-state index in [0.29, 0.717) is 0 Å². The van der Waals surface area contributed by atoms with Gasteiger partial charge in [-0.05, 0) is 0 Å². The predicted octanol–water partition coefficient (Wildman–Crippen LogP) is -5.15. The van der Waals surface area contributed by atoms with Crippen LogP contribution in [0.25, 0.3) is 0 Å². The van der Waals surface area contributed by atoms with E-state index in [1.807, 2.05) is 0 Å². The summed E-state index contributed by atoms with van der Waals surface area (Å²) in [5, 5.41) is 0. The van der Waals surface area contributed by atoms with Crippen molar-refractivity contribution in [1.82, 2.24) is 0 Å². The molecule has 4 heavy (non-hydrogen) atoms. The third-order valence-electron chi connectivity index (χ3n) is 0. The normalized spacial score (nSPS) is 4.50. The molecule has 0 N–H and O–H groups in total. The van der Waals surface area contributed by atoms with Gasteiger partial charge in [-0.15, -0.1) is 0 Å². The van der Waals surface area contributed by atoms with Crippen LogP contribution in [0.3, 0.4) is 0 Å². The van der Waals surface area contributed by atoms with Gasteiger partial charge in [0.2, 0.25) is 0 Å². The predicted molar refractivity (Wildman–Crippen MR) is 2.22 cm³/mol. The van der Waals surface area contributed by atoms with E-state index in [4.69, 9.17) is 0 Å². The van der Waals surface area contributed by atoms with E-state index in [9.17, 15) is 5.72 Å². The first-order valence-corrected chi connectivity index (χ1v) is 1.92. The molecule has 0 aliphatic heterocycles. The second-order valence-corrected chi connectivity index (χ2v) is 0.362. The van der Waals surface area contributed by atoms with Crippen LogP contribution >= 0.6 is 0 Å². The topological polar surface area (TPSA) is 0 Å². The minimum atomic E-state index is -2.41. The van der Waals surface area contributed by atoms with Gasteiger partial charge in [-0.2, -0.15) is 0 Å². The average molecular weight is 292 g/mol. The third kappa shape index (κ3) is 10.3. The van der Waals surface area contributed by atoms with Crippen molar-refractivity contribution < 1.29 is 52.0 Å². The Morgan fingerprint density at radius 1 is 1.25 bits per heavy atom. The Bertz CT molecular complexity index is 4.00. The quantitative estimate of drug-likeness (QED) is 0.392. The molecule has 0 rings (SSSR count). The highest BCUT2D eigenvalue weighted by atomic mass is 127. The van der Waals surface area contributed by atoms with Crippen molar-refractivity contribution in [1.29, 1.82) is 0 Å². The number of halogens is 4. The van der Waals surface area contributed by atoms with Gasteiger partial charge < -0.3 is 24.0 Å². The molecule has 0 aromatic rings. The molecule has 0 fully saturated rings. The van der Waals surface area contributed by atoms with E-state index >= 15 is 0 Å². The summed E-state index contributed by atoms with van der Waals surface area (Å²) in [4.78, 5) is 0.